The molecule has 1 atom stereocenters. The number of fused-ring (bicyclic) bond motifs is 1. The molecule has 0 bridgehead atoms. The molecule has 218 valence electrons. The lowest BCUT2D eigenvalue weighted by Gasteiger charge is -2.36. The molecule has 1 aliphatic rings. The summed E-state index contributed by atoms with van der Waals surface area (Å²) in [5.74, 6) is -4.27. The van der Waals surface area contributed by atoms with E-state index in [0.29, 0.717) is 23.5 Å². The third-order valence-corrected chi connectivity index (χ3v) is 7.56. The molecule has 1 aliphatic carbocycles. The lowest BCUT2D eigenvalue weighted by atomic mass is 9.86. The van der Waals surface area contributed by atoms with Crippen molar-refractivity contribution in [3.63, 3.8) is 0 Å². The van der Waals surface area contributed by atoms with Gasteiger partial charge in [-0.1, -0.05) is 54.1 Å². The van der Waals surface area contributed by atoms with Crippen molar-refractivity contribution in [1.29, 1.82) is 0 Å². The lowest BCUT2D eigenvalue weighted by Crippen LogP contribution is -2.37. The molecule has 0 heterocycles. The Hall–Kier alpha value is -5.44. The fourth-order valence-corrected chi connectivity index (χ4v) is 5.48. The van der Waals surface area contributed by atoms with Gasteiger partial charge >= 0.3 is 17.9 Å². The first-order valence-electron chi connectivity index (χ1n) is 13.7. The summed E-state index contributed by atoms with van der Waals surface area (Å²) < 4.78 is 6.03. The zero-order valence-corrected chi connectivity index (χ0v) is 23.3. The summed E-state index contributed by atoms with van der Waals surface area (Å²) >= 11 is 0. The van der Waals surface area contributed by atoms with E-state index < -0.39 is 52.1 Å². The molecule has 4 aromatic carbocycles. The predicted octanol–water partition coefficient (Wildman–Crippen LogP) is 6.60. The molecule has 9 heteroatoms. The molecule has 0 fully saturated rings. The molecular weight excluding hydrogens is 550 g/mol. The highest BCUT2D eigenvalue weighted by Crippen LogP contribution is 2.37. The van der Waals surface area contributed by atoms with E-state index in [0.717, 1.165) is 41.7 Å². The number of carbonyl (C=O) groups excluding carboxylic acids is 1. The maximum atomic E-state index is 14.3. The zero-order chi connectivity index (χ0) is 30.7. The molecule has 0 spiro atoms. The van der Waals surface area contributed by atoms with Crippen molar-refractivity contribution in [1.82, 2.24) is 4.90 Å². The van der Waals surface area contributed by atoms with Crippen LogP contribution < -0.4 is 4.74 Å². The van der Waals surface area contributed by atoms with Crippen LogP contribution >= 0.6 is 0 Å². The van der Waals surface area contributed by atoms with Gasteiger partial charge in [-0.05, 0) is 79.3 Å². The van der Waals surface area contributed by atoms with Gasteiger partial charge in [-0.3, -0.25) is 4.79 Å². The number of aryl methyl sites for hydroxylation is 2. The quantitative estimate of drug-likeness (QED) is 0.201. The van der Waals surface area contributed by atoms with Crippen LogP contribution in [0.5, 0.6) is 11.5 Å². The van der Waals surface area contributed by atoms with Crippen molar-refractivity contribution in [2.75, 3.05) is 0 Å². The van der Waals surface area contributed by atoms with E-state index >= 15 is 0 Å². The monoisotopic (exact) mass is 579 g/mol. The number of hydrogen-bond donors (Lipinski definition) is 3. The van der Waals surface area contributed by atoms with Crippen molar-refractivity contribution in [3.8, 4) is 11.5 Å². The Morgan fingerprint density at radius 3 is 2.05 bits per heavy atom. The summed E-state index contributed by atoms with van der Waals surface area (Å²) in [6, 6.07) is 23.7. The highest BCUT2D eigenvalue weighted by Gasteiger charge is 2.33. The molecule has 1 amide bonds. The van der Waals surface area contributed by atoms with Crippen molar-refractivity contribution in [2.24, 2.45) is 0 Å². The van der Waals surface area contributed by atoms with Crippen LogP contribution in [0.25, 0.3) is 0 Å². The molecule has 0 unspecified atom stereocenters. The van der Waals surface area contributed by atoms with Crippen molar-refractivity contribution in [3.05, 3.63) is 129 Å². The topological polar surface area (TPSA) is 141 Å². The second kappa shape index (κ2) is 12.2. The third kappa shape index (κ3) is 6.25. The number of carbonyl (C=O) groups is 4. The average Bonchev–Trinajstić information content (AvgIpc) is 3.00. The number of benzene rings is 4. The number of rotatable bonds is 9. The number of hydrogen-bond acceptors (Lipinski definition) is 5. The number of amides is 1. The van der Waals surface area contributed by atoms with Crippen LogP contribution in [-0.2, 0) is 13.0 Å². The maximum Gasteiger partial charge on any atom is 0.336 e. The number of aromatic carboxylic acids is 3. The number of carboxylic acid groups (broad SMARTS) is 3. The molecule has 5 rings (SSSR count). The zero-order valence-electron chi connectivity index (χ0n) is 23.3. The number of ether oxygens (including phenoxy) is 1. The summed E-state index contributed by atoms with van der Waals surface area (Å²) in [6.07, 6.45) is 2.21. The molecule has 0 radical (unpaired) electrons. The van der Waals surface area contributed by atoms with E-state index in [9.17, 15) is 34.5 Å². The van der Waals surface area contributed by atoms with Crippen LogP contribution in [0.2, 0.25) is 0 Å². The molecule has 0 aliphatic heterocycles. The van der Waals surface area contributed by atoms with E-state index in [1.165, 1.54) is 4.90 Å². The Morgan fingerprint density at radius 1 is 0.744 bits per heavy atom. The van der Waals surface area contributed by atoms with Gasteiger partial charge in [0.2, 0.25) is 0 Å². The third-order valence-electron chi connectivity index (χ3n) is 7.56. The SMILES string of the molecule is Cc1ccc(Oc2cccc(CN(C(=O)c3cc(C(=O)O)c(C(=O)O)cc3C(=O)O)[C@H]3CCCc4ccccc43)c2)cc1. The van der Waals surface area contributed by atoms with E-state index in [-0.39, 0.29) is 6.54 Å². The van der Waals surface area contributed by atoms with Gasteiger partial charge in [0.15, 0.2) is 0 Å². The van der Waals surface area contributed by atoms with Gasteiger partial charge in [-0.15, -0.1) is 0 Å². The second-order valence-electron chi connectivity index (χ2n) is 10.5. The van der Waals surface area contributed by atoms with E-state index in [2.05, 4.69) is 0 Å². The van der Waals surface area contributed by atoms with Crippen molar-refractivity contribution < 1.29 is 39.2 Å². The first-order valence-corrected chi connectivity index (χ1v) is 13.7. The van der Waals surface area contributed by atoms with Gasteiger partial charge in [-0.2, -0.15) is 0 Å². The van der Waals surface area contributed by atoms with Crippen LogP contribution in [0.3, 0.4) is 0 Å². The molecular formula is C34H29NO8. The Balaban J connectivity index is 1.59. The molecule has 0 saturated heterocycles. The Bertz CT molecular complexity index is 1730. The molecule has 9 nitrogen and oxygen atoms in total. The first kappa shape index (κ1) is 29.1. The summed E-state index contributed by atoms with van der Waals surface area (Å²) in [5, 5.41) is 29.2. The minimum Gasteiger partial charge on any atom is -0.478 e. The Labute approximate surface area is 247 Å². The van der Waals surface area contributed by atoms with E-state index in [4.69, 9.17) is 4.74 Å². The summed E-state index contributed by atoms with van der Waals surface area (Å²) in [4.78, 5) is 51.8. The predicted molar refractivity (Wildman–Crippen MR) is 157 cm³/mol. The molecule has 43 heavy (non-hydrogen) atoms. The van der Waals surface area contributed by atoms with Crippen LogP contribution in [0, 0.1) is 6.92 Å². The van der Waals surface area contributed by atoms with Gasteiger partial charge in [-0.25, -0.2) is 14.4 Å². The summed E-state index contributed by atoms with van der Waals surface area (Å²) in [6.45, 7) is 2.04. The fraction of sp³-hybridized carbons (Fsp3) is 0.176. The number of nitrogens with zero attached hydrogens (tertiary/aromatic N) is 1. The first-order chi connectivity index (χ1) is 20.6. The van der Waals surface area contributed by atoms with Gasteiger partial charge < -0.3 is 25.0 Å². The fourth-order valence-electron chi connectivity index (χ4n) is 5.48. The average molecular weight is 580 g/mol. The standard InChI is InChI=1S/C34H29NO8/c1-20-12-14-23(15-13-20)43-24-9-4-6-21(16-24)19-35(30-11-5-8-22-7-2-3-10-25(22)30)31(36)26-17-28(33(39)40)29(34(41)42)18-27(26)32(37)38/h2-4,6-7,9-10,12-18,30H,5,8,11,19H2,1H3,(H,37,38)(H,39,40)(H,41,42)/t30-/m0/s1. The van der Waals surface area contributed by atoms with E-state index in [1.807, 2.05) is 61.5 Å². The smallest absolute Gasteiger partial charge is 0.336 e. The summed E-state index contributed by atoms with van der Waals surface area (Å²) in [7, 11) is 0. The van der Waals surface area contributed by atoms with Gasteiger partial charge in [0.25, 0.3) is 5.91 Å². The lowest BCUT2D eigenvalue weighted by molar-refractivity contribution is 0.0611. The minimum absolute atomic E-state index is 0.0606. The van der Waals surface area contributed by atoms with Crippen LogP contribution in [0.15, 0.2) is 84.9 Å². The molecule has 0 saturated carbocycles. The van der Waals surface area contributed by atoms with Crippen LogP contribution in [0.1, 0.15) is 82.6 Å². The summed E-state index contributed by atoms with van der Waals surface area (Å²) in [5.41, 5.74) is 1.42. The highest BCUT2D eigenvalue weighted by molar-refractivity contribution is 6.10. The van der Waals surface area contributed by atoms with Gasteiger partial charge in [0, 0.05) is 6.54 Å². The molecule has 0 aromatic heterocycles. The normalized spacial score (nSPS) is 13.9. The second-order valence-corrected chi connectivity index (χ2v) is 10.5. The van der Waals surface area contributed by atoms with Crippen molar-refractivity contribution in [2.45, 2.75) is 38.8 Å². The highest BCUT2D eigenvalue weighted by atomic mass is 16.5. The maximum absolute atomic E-state index is 14.3. The molecule has 3 N–H and O–H groups in total. The Morgan fingerprint density at radius 2 is 1.37 bits per heavy atom. The molecule has 4 aromatic rings. The van der Waals surface area contributed by atoms with Crippen LogP contribution in [-0.4, -0.2) is 44.0 Å². The van der Waals surface area contributed by atoms with Gasteiger partial charge in [0.1, 0.15) is 11.5 Å². The van der Waals surface area contributed by atoms with Gasteiger partial charge in [0.05, 0.1) is 28.3 Å². The van der Waals surface area contributed by atoms with Crippen molar-refractivity contribution >= 4 is 23.8 Å². The van der Waals surface area contributed by atoms with Crippen LogP contribution in [0.4, 0.5) is 0 Å². The minimum atomic E-state index is -1.61. The Kier molecular flexibility index (Phi) is 8.25. The van der Waals surface area contributed by atoms with E-state index in [1.54, 1.807) is 18.2 Å². The number of carboxylic acids is 3. The largest absolute Gasteiger partial charge is 0.478 e.